The van der Waals surface area contributed by atoms with Gasteiger partial charge in [0.25, 0.3) is 0 Å². The molecular formula is C18H18N4O2S3. The zero-order chi connectivity index (χ0) is 19.4. The maximum Gasteiger partial charge on any atom is 0.232 e. The van der Waals surface area contributed by atoms with Gasteiger partial charge in [-0.3, -0.25) is 9.59 Å². The molecule has 0 radical (unpaired) electrons. The predicted octanol–water partition coefficient (Wildman–Crippen LogP) is 3.72. The van der Waals surface area contributed by atoms with Crippen molar-refractivity contribution < 1.29 is 9.59 Å². The summed E-state index contributed by atoms with van der Waals surface area (Å²) in [5.41, 5.74) is 8.18. The van der Waals surface area contributed by atoms with Gasteiger partial charge in [-0.1, -0.05) is 52.9 Å². The fourth-order valence-corrected chi connectivity index (χ4v) is 4.91. The summed E-state index contributed by atoms with van der Waals surface area (Å²) in [6.07, 6.45) is 1.91. The number of aromatic nitrogens is 2. The second-order valence-electron chi connectivity index (χ2n) is 5.89. The number of hydrogen-bond donors (Lipinski definition) is 2. The second-order valence-corrected chi connectivity index (χ2v) is 9.36. The molecule has 2 aromatic heterocycles. The van der Waals surface area contributed by atoms with Crippen LogP contribution in [-0.4, -0.2) is 27.0 Å². The molecule has 1 unspecified atom stereocenters. The van der Waals surface area contributed by atoms with Crippen molar-refractivity contribution in [3.63, 3.8) is 0 Å². The van der Waals surface area contributed by atoms with Gasteiger partial charge in [-0.15, -0.1) is 11.3 Å². The third kappa shape index (κ3) is 5.38. The SMILES string of the molecule is Cc1ccc(-c2cnc(NC(=O)Cc3csc(SC(C)C(N)=O)n3)s2)cc1. The smallest absolute Gasteiger partial charge is 0.232 e. The molecule has 0 fully saturated rings. The van der Waals surface area contributed by atoms with E-state index in [1.165, 1.54) is 40.0 Å². The Morgan fingerprint density at radius 3 is 2.74 bits per heavy atom. The highest BCUT2D eigenvalue weighted by Crippen LogP contribution is 2.29. The summed E-state index contributed by atoms with van der Waals surface area (Å²) in [6.45, 7) is 3.77. The van der Waals surface area contributed by atoms with E-state index in [9.17, 15) is 9.59 Å². The highest BCUT2D eigenvalue weighted by Gasteiger charge is 2.15. The summed E-state index contributed by atoms with van der Waals surface area (Å²) >= 11 is 4.12. The summed E-state index contributed by atoms with van der Waals surface area (Å²) < 4.78 is 0.722. The molecule has 0 aliphatic rings. The van der Waals surface area contributed by atoms with Crippen LogP contribution in [0.4, 0.5) is 5.13 Å². The Hall–Kier alpha value is -2.23. The maximum atomic E-state index is 12.3. The van der Waals surface area contributed by atoms with Gasteiger partial charge in [-0.05, 0) is 19.4 Å². The van der Waals surface area contributed by atoms with Crippen molar-refractivity contribution in [3.8, 4) is 10.4 Å². The van der Waals surface area contributed by atoms with Crippen LogP contribution in [0.15, 0.2) is 40.2 Å². The topological polar surface area (TPSA) is 98.0 Å². The monoisotopic (exact) mass is 418 g/mol. The van der Waals surface area contributed by atoms with Crippen molar-refractivity contribution in [2.75, 3.05) is 5.32 Å². The molecule has 0 spiro atoms. The van der Waals surface area contributed by atoms with Gasteiger partial charge in [-0.2, -0.15) is 0 Å². The number of aryl methyl sites for hydroxylation is 1. The Labute approximate surface area is 169 Å². The van der Waals surface area contributed by atoms with Gasteiger partial charge >= 0.3 is 0 Å². The number of thioether (sulfide) groups is 1. The van der Waals surface area contributed by atoms with Crippen molar-refractivity contribution in [1.82, 2.24) is 9.97 Å². The highest BCUT2D eigenvalue weighted by molar-refractivity contribution is 8.02. The zero-order valence-corrected chi connectivity index (χ0v) is 17.2. The summed E-state index contributed by atoms with van der Waals surface area (Å²) in [5, 5.41) is 4.83. The van der Waals surface area contributed by atoms with Crippen LogP contribution in [0.5, 0.6) is 0 Å². The fourth-order valence-electron chi connectivity index (χ4n) is 2.14. The number of anilines is 1. The summed E-state index contributed by atoms with van der Waals surface area (Å²) in [4.78, 5) is 33.0. The lowest BCUT2D eigenvalue weighted by Gasteiger charge is -2.02. The first-order valence-corrected chi connectivity index (χ1v) is 10.7. The van der Waals surface area contributed by atoms with Crippen LogP contribution < -0.4 is 11.1 Å². The molecule has 1 aromatic carbocycles. The lowest BCUT2D eigenvalue weighted by Crippen LogP contribution is -2.22. The first-order valence-electron chi connectivity index (χ1n) is 8.14. The number of nitrogens with one attached hydrogen (secondary N) is 1. The third-order valence-corrected chi connectivity index (χ3v) is 6.74. The van der Waals surface area contributed by atoms with E-state index in [0.29, 0.717) is 10.8 Å². The molecule has 3 rings (SSSR count). The Kier molecular flexibility index (Phi) is 6.25. The van der Waals surface area contributed by atoms with E-state index < -0.39 is 0 Å². The van der Waals surface area contributed by atoms with E-state index in [1.54, 1.807) is 13.1 Å². The molecule has 1 atom stereocenters. The lowest BCUT2D eigenvalue weighted by atomic mass is 10.1. The van der Waals surface area contributed by atoms with Crippen molar-refractivity contribution in [2.24, 2.45) is 5.73 Å². The first-order chi connectivity index (χ1) is 12.9. The number of carbonyl (C=O) groups excluding carboxylic acids is 2. The molecule has 27 heavy (non-hydrogen) atoms. The van der Waals surface area contributed by atoms with E-state index in [2.05, 4.69) is 15.3 Å². The van der Waals surface area contributed by atoms with Crippen LogP contribution >= 0.6 is 34.4 Å². The van der Waals surface area contributed by atoms with E-state index in [4.69, 9.17) is 5.73 Å². The Morgan fingerprint density at radius 2 is 2.04 bits per heavy atom. The van der Waals surface area contributed by atoms with E-state index in [0.717, 1.165) is 14.8 Å². The first kappa shape index (κ1) is 19.5. The van der Waals surface area contributed by atoms with Gasteiger partial charge in [0.15, 0.2) is 9.47 Å². The number of benzene rings is 1. The van der Waals surface area contributed by atoms with Crippen LogP contribution in [0.3, 0.4) is 0 Å². The van der Waals surface area contributed by atoms with Crippen molar-refractivity contribution in [2.45, 2.75) is 29.9 Å². The molecule has 0 aliphatic carbocycles. The lowest BCUT2D eigenvalue weighted by molar-refractivity contribution is -0.117. The molecule has 0 bridgehead atoms. The Bertz CT molecular complexity index is 950. The summed E-state index contributed by atoms with van der Waals surface area (Å²) in [6, 6.07) is 8.17. The third-order valence-electron chi connectivity index (χ3n) is 3.64. The molecule has 0 saturated carbocycles. The zero-order valence-electron chi connectivity index (χ0n) is 14.8. The molecule has 0 aliphatic heterocycles. The van der Waals surface area contributed by atoms with E-state index >= 15 is 0 Å². The molecule has 2 amide bonds. The number of nitrogens with two attached hydrogens (primary N) is 1. The number of thiazole rings is 2. The molecule has 9 heteroatoms. The van der Waals surface area contributed by atoms with Crippen LogP contribution in [0, 0.1) is 6.92 Å². The van der Waals surface area contributed by atoms with Gasteiger partial charge in [0.05, 0.1) is 22.2 Å². The maximum absolute atomic E-state index is 12.3. The highest BCUT2D eigenvalue weighted by atomic mass is 32.2. The quantitative estimate of drug-likeness (QED) is 0.570. The van der Waals surface area contributed by atoms with E-state index in [1.807, 2.05) is 36.6 Å². The van der Waals surface area contributed by atoms with Gasteiger partial charge < -0.3 is 11.1 Å². The molecule has 0 saturated heterocycles. The van der Waals surface area contributed by atoms with Crippen LogP contribution in [0.2, 0.25) is 0 Å². The minimum absolute atomic E-state index is 0.154. The number of hydrogen-bond acceptors (Lipinski definition) is 7. The van der Waals surface area contributed by atoms with Gasteiger partial charge in [0.2, 0.25) is 11.8 Å². The second kappa shape index (κ2) is 8.64. The molecule has 3 N–H and O–H groups in total. The minimum Gasteiger partial charge on any atom is -0.369 e. The number of primary amides is 1. The average Bonchev–Trinajstić information content (AvgIpc) is 3.25. The fraction of sp³-hybridized carbons (Fsp3) is 0.222. The van der Waals surface area contributed by atoms with Crippen molar-refractivity contribution in [1.29, 1.82) is 0 Å². The van der Waals surface area contributed by atoms with Crippen LogP contribution in [0.1, 0.15) is 18.2 Å². The summed E-state index contributed by atoms with van der Waals surface area (Å²) in [5.74, 6) is -0.563. The Morgan fingerprint density at radius 1 is 1.30 bits per heavy atom. The predicted molar refractivity (Wildman–Crippen MR) is 111 cm³/mol. The molecule has 2 heterocycles. The largest absolute Gasteiger partial charge is 0.369 e. The standard InChI is InChI=1S/C18H18N4O2S3/c1-10-3-5-12(6-4-10)14-8-20-17(27-14)22-15(23)7-13-9-25-18(21-13)26-11(2)16(19)24/h3-6,8-9,11H,7H2,1-2H3,(H2,19,24)(H,20,22,23). The summed E-state index contributed by atoms with van der Waals surface area (Å²) in [7, 11) is 0. The number of rotatable bonds is 7. The van der Waals surface area contributed by atoms with Crippen molar-refractivity contribution in [3.05, 3.63) is 47.1 Å². The molecule has 6 nitrogen and oxygen atoms in total. The molecule has 140 valence electrons. The van der Waals surface area contributed by atoms with Gasteiger partial charge in [-0.25, -0.2) is 9.97 Å². The molecule has 3 aromatic rings. The van der Waals surface area contributed by atoms with Gasteiger partial charge in [0, 0.05) is 11.6 Å². The van der Waals surface area contributed by atoms with Crippen LogP contribution in [-0.2, 0) is 16.0 Å². The van der Waals surface area contributed by atoms with Gasteiger partial charge in [0.1, 0.15) is 0 Å². The normalized spacial score (nSPS) is 11.9. The number of nitrogens with zero attached hydrogens (tertiary/aromatic N) is 2. The van der Waals surface area contributed by atoms with E-state index in [-0.39, 0.29) is 23.5 Å². The molecular weight excluding hydrogens is 400 g/mol. The average molecular weight is 419 g/mol. The van der Waals surface area contributed by atoms with Crippen LogP contribution in [0.25, 0.3) is 10.4 Å². The van der Waals surface area contributed by atoms with Crippen molar-refractivity contribution >= 4 is 51.4 Å². The Balaban J connectivity index is 1.58. The number of carbonyl (C=O) groups is 2. The number of amides is 2. The minimum atomic E-state index is -0.386.